The zero-order valence-electron chi connectivity index (χ0n) is 36.6. The summed E-state index contributed by atoms with van der Waals surface area (Å²) >= 11 is -3.79. The van der Waals surface area contributed by atoms with Crippen molar-refractivity contribution < 1.29 is 14.2 Å². The molecule has 0 N–H and O–H groups in total. The maximum atomic E-state index is 7.46. The molecule has 0 radical (unpaired) electrons. The van der Waals surface area contributed by atoms with Gasteiger partial charge in [0.1, 0.15) is 0 Å². The van der Waals surface area contributed by atoms with Crippen LogP contribution in [-0.4, -0.2) is 13.3 Å². The van der Waals surface area contributed by atoms with Gasteiger partial charge in [0.15, 0.2) is 0 Å². The average Bonchev–Trinajstić information content (AvgIpc) is 3.28. The van der Waals surface area contributed by atoms with Crippen molar-refractivity contribution in [2.24, 2.45) is 0 Å². The summed E-state index contributed by atoms with van der Waals surface area (Å²) in [4.78, 5) is 5.07. The van der Waals surface area contributed by atoms with Gasteiger partial charge in [-0.3, -0.25) is 0 Å². The van der Waals surface area contributed by atoms with Crippen LogP contribution in [0.1, 0.15) is 52.7 Å². The van der Waals surface area contributed by atoms with E-state index in [4.69, 9.17) is 14.2 Å². The molecule has 8 aromatic carbocycles. The standard InChI is InChI=1S/C57H46GeN2O3/c1-56(2,3)37-23-25-41-45(29-37)62-54-39(34-19-13-9-14-20-34)31-47-50-52(54)59(41)43-27-36(33-17-11-8-12-18-33)28-44-49(43)58(50,7)51-48(61-47)32-40(35-21-15-10-16-22-35)55-53(51)60(44)42-26-24-38(57(4,5)6)30-46(42)63-55/h8-32H,1-7H3. The first-order chi connectivity index (χ1) is 30.4. The predicted octanol–water partition coefficient (Wildman–Crippen LogP) is 14.3. The molecule has 0 bridgehead atoms. The Kier molecular flexibility index (Phi) is 7.31. The molecular weight excluding hydrogens is 833 g/mol. The number of benzene rings is 8. The third kappa shape index (κ3) is 5.00. The number of ether oxygens (including phenoxy) is 3. The molecule has 6 heteroatoms. The fourth-order valence-corrected chi connectivity index (χ4v) is 20.9. The summed E-state index contributed by atoms with van der Waals surface area (Å²) in [6.45, 7) is 13.6. The van der Waals surface area contributed by atoms with Crippen molar-refractivity contribution in [2.75, 3.05) is 9.80 Å². The maximum absolute atomic E-state index is 7.46. The van der Waals surface area contributed by atoms with Crippen LogP contribution in [0, 0.1) is 0 Å². The second kappa shape index (κ2) is 12.5. The fourth-order valence-electron chi connectivity index (χ4n) is 10.9. The van der Waals surface area contributed by atoms with Crippen molar-refractivity contribution in [1.82, 2.24) is 0 Å². The minimum absolute atomic E-state index is 0.0696. The summed E-state index contributed by atoms with van der Waals surface area (Å²) in [5.41, 5.74) is 15.5. The third-order valence-corrected chi connectivity index (χ3v) is 23.4. The fraction of sp³-hybridized carbons (Fsp3) is 0.158. The van der Waals surface area contributed by atoms with E-state index in [-0.39, 0.29) is 10.8 Å². The number of rotatable bonds is 3. The van der Waals surface area contributed by atoms with Crippen LogP contribution < -0.4 is 37.2 Å². The Morgan fingerprint density at radius 1 is 0.381 bits per heavy atom. The number of hydrogen-bond donors (Lipinski definition) is 0. The summed E-state index contributed by atoms with van der Waals surface area (Å²) in [7, 11) is 0. The van der Waals surface area contributed by atoms with Gasteiger partial charge < -0.3 is 0 Å². The summed E-state index contributed by atoms with van der Waals surface area (Å²) < 4.78 is 26.2. The van der Waals surface area contributed by atoms with E-state index in [0.717, 1.165) is 85.1 Å². The van der Waals surface area contributed by atoms with Crippen LogP contribution in [0.4, 0.5) is 34.1 Å². The van der Waals surface area contributed by atoms with Crippen LogP contribution in [0.15, 0.2) is 152 Å². The van der Waals surface area contributed by atoms with E-state index in [2.05, 4.69) is 209 Å². The predicted molar refractivity (Wildman–Crippen MR) is 260 cm³/mol. The SMILES string of the molecule is CC(C)(C)c1ccc2c(c1)Oc1c(-c3ccccc3)cc3[c]4c1N2c1cc(-c2ccccc2)cc2[c]1[Ge]4([CH3])[c]1c(cc(-c4ccccc4)c4c1N2c1ccc(C(C)(C)C)cc1O4)O3. The van der Waals surface area contributed by atoms with Crippen molar-refractivity contribution in [3.63, 3.8) is 0 Å². The van der Waals surface area contributed by atoms with E-state index in [1.54, 1.807) is 0 Å². The zero-order chi connectivity index (χ0) is 42.7. The molecule has 13 rings (SSSR count). The van der Waals surface area contributed by atoms with Gasteiger partial charge in [-0.15, -0.1) is 0 Å². The topological polar surface area (TPSA) is 34.2 Å². The van der Waals surface area contributed by atoms with Crippen LogP contribution in [-0.2, 0) is 10.8 Å². The summed E-state index contributed by atoms with van der Waals surface area (Å²) in [5, 5.41) is 0. The first-order valence-corrected chi connectivity index (χ1v) is 27.3. The van der Waals surface area contributed by atoms with Crippen LogP contribution in [0.25, 0.3) is 33.4 Å². The van der Waals surface area contributed by atoms with Crippen molar-refractivity contribution in [3.05, 3.63) is 163 Å². The molecule has 5 aliphatic rings. The van der Waals surface area contributed by atoms with Crippen LogP contribution in [0.3, 0.4) is 0 Å². The van der Waals surface area contributed by atoms with E-state index in [9.17, 15) is 0 Å². The molecule has 0 saturated carbocycles. The van der Waals surface area contributed by atoms with Crippen LogP contribution >= 0.6 is 0 Å². The summed E-state index contributed by atoms with van der Waals surface area (Å²) in [6, 6.07) is 55.3. The summed E-state index contributed by atoms with van der Waals surface area (Å²) in [6.07, 6.45) is 0. The second-order valence-electron chi connectivity index (χ2n) is 19.9. The van der Waals surface area contributed by atoms with Gasteiger partial charge in [0, 0.05) is 0 Å². The molecule has 5 aliphatic heterocycles. The van der Waals surface area contributed by atoms with Gasteiger partial charge in [0.2, 0.25) is 0 Å². The third-order valence-electron chi connectivity index (χ3n) is 14.0. The molecule has 0 aliphatic carbocycles. The first-order valence-electron chi connectivity index (χ1n) is 22.1. The van der Waals surface area contributed by atoms with E-state index in [1.165, 1.54) is 41.3 Å². The van der Waals surface area contributed by atoms with Gasteiger partial charge in [-0.05, 0) is 0 Å². The molecule has 8 aromatic rings. The van der Waals surface area contributed by atoms with E-state index in [0.29, 0.717) is 0 Å². The zero-order valence-corrected chi connectivity index (χ0v) is 38.7. The Morgan fingerprint density at radius 2 is 0.794 bits per heavy atom. The van der Waals surface area contributed by atoms with Crippen molar-refractivity contribution in [3.8, 4) is 67.9 Å². The Bertz CT molecular complexity index is 3100. The van der Waals surface area contributed by atoms with Gasteiger partial charge >= 0.3 is 373 Å². The van der Waals surface area contributed by atoms with Gasteiger partial charge in [-0.2, -0.15) is 0 Å². The summed E-state index contributed by atoms with van der Waals surface area (Å²) in [5.74, 6) is 7.89. The molecule has 0 amide bonds. The average molecular weight is 880 g/mol. The Hall–Kier alpha value is -6.70. The van der Waals surface area contributed by atoms with Gasteiger partial charge in [0.05, 0.1) is 0 Å². The number of hydrogen-bond acceptors (Lipinski definition) is 5. The Labute approximate surface area is 371 Å². The van der Waals surface area contributed by atoms with Crippen molar-refractivity contribution in [2.45, 2.75) is 58.1 Å². The van der Waals surface area contributed by atoms with Crippen LogP contribution in [0.5, 0.6) is 34.5 Å². The Balaban J connectivity index is 1.21. The molecule has 306 valence electrons. The quantitative estimate of drug-likeness (QED) is 0.165. The molecule has 0 fully saturated rings. The molecule has 5 nitrogen and oxygen atoms in total. The molecule has 0 spiro atoms. The van der Waals surface area contributed by atoms with Gasteiger partial charge in [0.25, 0.3) is 0 Å². The molecular formula is C57H46GeN2O3. The normalized spacial score (nSPS) is 15.0. The molecule has 5 heterocycles. The molecule has 63 heavy (non-hydrogen) atoms. The minimum atomic E-state index is -3.79. The number of fused-ring (bicyclic) bond motifs is 6. The number of nitrogens with zero attached hydrogens (tertiary/aromatic N) is 2. The van der Waals surface area contributed by atoms with E-state index < -0.39 is 13.3 Å². The van der Waals surface area contributed by atoms with E-state index in [1.807, 2.05) is 0 Å². The number of anilines is 6. The molecule has 0 unspecified atom stereocenters. The monoisotopic (exact) mass is 880 g/mol. The molecule has 0 saturated heterocycles. The van der Waals surface area contributed by atoms with E-state index >= 15 is 0 Å². The van der Waals surface area contributed by atoms with Crippen molar-refractivity contribution >= 4 is 60.6 Å². The van der Waals surface area contributed by atoms with Crippen LogP contribution in [0.2, 0.25) is 5.76 Å². The second-order valence-corrected chi connectivity index (χ2v) is 27.8. The Morgan fingerprint density at radius 3 is 1.21 bits per heavy atom. The van der Waals surface area contributed by atoms with Gasteiger partial charge in [-0.25, -0.2) is 0 Å². The molecule has 0 atom stereocenters. The van der Waals surface area contributed by atoms with Gasteiger partial charge in [-0.1, -0.05) is 0 Å². The van der Waals surface area contributed by atoms with Crippen molar-refractivity contribution in [1.29, 1.82) is 0 Å². The molecule has 0 aromatic heterocycles. The first kappa shape index (κ1) is 36.9.